The van der Waals surface area contributed by atoms with Gasteiger partial charge in [0.1, 0.15) is 0 Å². The van der Waals surface area contributed by atoms with E-state index in [0.717, 1.165) is 6.42 Å². The highest BCUT2D eigenvalue weighted by atomic mass is 14.2. The summed E-state index contributed by atoms with van der Waals surface area (Å²) in [5, 5.41) is 0. The first kappa shape index (κ1) is 18.8. The highest BCUT2D eigenvalue weighted by Gasteiger charge is 2.18. The minimum absolute atomic E-state index is 0.366. The van der Waals surface area contributed by atoms with E-state index in [4.69, 9.17) is 7.85 Å². The monoisotopic (exact) mass is 262 g/mol. The molecule has 0 aromatic heterocycles. The van der Waals surface area contributed by atoms with Gasteiger partial charge in [0, 0.05) is 0 Å². The van der Waals surface area contributed by atoms with Gasteiger partial charge in [-0.25, -0.2) is 0 Å². The largest absolute Gasteiger partial charge is 0.0999 e. The van der Waals surface area contributed by atoms with Gasteiger partial charge < -0.3 is 0 Å². The Morgan fingerprint density at radius 1 is 1.16 bits per heavy atom. The van der Waals surface area contributed by atoms with Crippen LogP contribution in [0.5, 0.6) is 0 Å². The van der Waals surface area contributed by atoms with Crippen LogP contribution in [0, 0.1) is 11.3 Å². The van der Waals surface area contributed by atoms with Crippen molar-refractivity contribution in [3.8, 4) is 0 Å². The lowest BCUT2D eigenvalue weighted by atomic mass is 9.69. The van der Waals surface area contributed by atoms with Crippen LogP contribution in [0.25, 0.3) is 0 Å². The fourth-order valence-corrected chi connectivity index (χ4v) is 2.39. The molecule has 2 unspecified atom stereocenters. The average molecular weight is 262 g/mol. The van der Waals surface area contributed by atoms with Crippen LogP contribution in [-0.2, 0) is 0 Å². The molecule has 110 valence electrons. The number of rotatable bonds is 11. The normalized spacial score (nSPS) is 15.2. The van der Waals surface area contributed by atoms with E-state index in [-0.39, 0.29) is 0 Å². The van der Waals surface area contributed by atoms with Gasteiger partial charge in [-0.2, -0.15) is 0 Å². The molecule has 0 nitrogen and oxygen atoms in total. The molecule has 19 heavy (non-hydrogen) atoms. The van der Waals surface area contributed by atoms with Gasteiger partial charge in [0.2, 0.25) is 0 Å². The van der Waals surface area contributed by atoms with Crippen LogP contribution in [0.4, 0.5) is 0 Å². The van der Waals surface area contributed by atoms with E-state index in [9.17, 15) is 0 Å². The minimum atomic E-state index is 0.366. The second-order valence-corrected chi connectivity index (χ2v) is 7.09. The molecular weight excluding hydrogens is 227 g/mol. The van der Waals surface area contributed by atoms with Crippen molar-refractivity contribution in [2.45, 2.75) is 91.8 Å². The smallest absolute Gasteiger partial charge is 0.0703 e. The lowest BCUT2D eigenvalue weighted by molar-refractivity contribution is 0.296. The van der Waals surface area contributed by atoms with Crippen LogP contribution < -0.4 is 0 Å². The maximum absolute atomic E-state index is 6.33. The topological polar surface area (TPSA) is 0 Å². The van der Waals surface area contributed by atoms with Crippen molar-refractivity contribution in [2.75, 3.05) is 0 Å². The maximum atomic E-state index is 6.33. The third-order valence-corrected chi connectivity index (χ3v) is 4.64. The van der Waals surface area contributed by atoms with Crippen molar-refractivity contribution in [1.29, 1.82) is 0 Å². The van der Waals surface area contributed by atoms with Crippen LogP contribution in [0.15, 0.2) is 12.2 Å². The van der Waals surface area contributed by atoms with Crippen LogP contribution in [0.3, 0.4) is 0 Å². The SMILES string of the molecule is [B]C(CCC(C)(C)CC)C(C)CCCC(=C)CCC. The molecule has 0 rings (SSSR count). The van der Waals surface area contributed by atoms with Gasteiger partial charge >= 0.3 is 0 Å². The summed E-state index contributed by atoms with van der Waals surface area (Å²) < 4.78 is 0. The van der Waals surface area contributed by atoms with E-state index < -0.39 is 0 Å². The summed E-state index contributed by atoms with van der Waals surface area (Å²) in [6.45, 7) is 15.6. The Kier molecular flexibility index (Phi) is 9.57. The summed E-state index contributed by atoms with van der Waals surface area (Å²) in [7, 11) is 6.33. The van der Waals surface area contributed by atoms with Crippen LogP contribution >= 0.6 is 0 Å². The number of hydrogen-bond acceptors (Lipinski definition) is 0. The summed E-state index contributed by atoms with van der Waals surface area (Å²) in [5.41, 5.74) is 1.86. The fourth-order valence-electron chi connectivity index (χ4n) is 2.39. The van der Waals surface area contributed by atoms with Gasteiger partial charge in [0.25, 0.3) is 0 Å². The van der Waals surface area contributed by atoms with Crippen molar-refractivity contribution >= 4 is 7.85 Å². The van der Waals surface area contributed by atoms with Crippen molar-refractivity contribution in [3.05, 3.63) is 12.2 Å². The van der Waals surface area contributed by atoms with Gasteiger partial charge in [0.05, 0.1) is 7.85 Å². The molecular formula is C18H35B. The van der Waals surface area contributed by atoms with E-state index in [0.29, 0.717) is 17.2 Å². The molecule has 0 bridgehead atoms. The van der Waals surface area contributed by atoms with E-state index in [1.165, 1.54) is 50.5 Å². The molecule has 0 saturated carbocycles. The van der Waals surface area contributed by atoms with Gasteiger partial charge in [0.15, 0.2) is 0 Å². The molecule has 0 N–H and O–H groups in total. The van der Waals surface area contributed by atoms with Crippen LogP contribution in [0.1, 0.15) is 86.0 Å². The first-order valence-electron chi connectivity index (χ1n) is 8.24. The number of allylic oxidation sites excluding steroid dienone is 1. The Morgan fingerprint density at radius 2 is 1.79 bits per heavy atom. The molecule has 0 aromatic rings. The van der Waals surface area contributed by atoms with Crippen molar-refractivity contribution in [3.63, 3.8) is 0 Å². The van der Waals surface area contributed by atoms with Gasteiger partial charge in [-0.1, -0.05) is 78.3 Å². The fraction of sp³-hybridized carbons (Fsp3) is 0.889. The zero-order valence-electron chi connectivity index (χ0n) is 14.1. The maximum Gasteiger partial charge on any atom is 0.0703 e. The lowest BCUT2D eigenvalue weighted by Gasteiger charge is -2.27. The van der Waals surface area contributed by atoms with Gasteiger partial charge in [-0.3, -0.25) is 0 Å². The Hall–Kier alpha value is -0.195. The Balaban J connectivity index is 3.82. The van der Waals surface area contributed by atoms with E-state index in [1.54, 1.807) is 0 Å². The minimum Gasteiger partial charge on any atom is -0.0999 e. The zero-order valence-corrected chi connectivity index (χ0v) is 14.1. The molecule has 0 spiro atoms. The molecule has 2 radical (unpaired) electrons. The van der Waals surface area contributed by atoms with E-state index >= 15 is 0 Å². The molecule has 2 atom stereocenters. The molecule has 0 aliphatic heterocycles. The highest BCUT2D eigenvalue weighted by molar-refractivity contribution is 6.11. The summed E-state index contributed by atoms with van der Waals surface area (Å²) in [4.78, 5) is 0. The number of hydrogen-bond donors (Lipinski definition) is 0. The van der Waals surface area contributed by atoms with Gasteiger partial charge in [-0.05, 0) is 37.0 Å². The van der Waals surface area contributed by atoms with Crippen molar-refractivity contribution in [2.24, 2.45) is 11.3 Å². The third-order valence-electron chi connectivity index (χ3n) is 4.64. The first-order valence-corrected chi connectivity index (χ1v) is 8.24. The summed E-state index contributed by atoms with van der Waals surface area (Å²) in [5.74, 6) is 1.01. The van der Waals surface area contributed by atoms with Crippen molar-refractivity contribution in [1.82, 2.24) is 0 Å². The molecule has 0 amide bonds. The van der Waals surface area contributed by atoms with E-state index in [2.05, 4.69) is 41.2 Å². The first-order chi connectivity index (χ1) is 8.82. The lowest BCUT2D eigenvalue weighted by Crippen LogP contribution is -2.13. The molecule has 1 heteroatoms. The summed E-state index contributed by atoms with van der Waals surface area (Å²) in [6, 6.07) is 0. The predicted molar refractivity (Wildman–Crippen MR) is 89.9 cm³/mol. The molecule has 0 fully saturated rings. The Bertz CT molecular complexity index is 242. The van der Waals surface area contributed by atoms with Crippen LogP contribution in [-0.4, -0.2) is 7.85 Å². The molecule has 0 aliphatic carbocycles. The quantitative estimate of drug-likeness (QED) is 0.302. The molecule has 0 heterocycles. The molecule has 0 saturated heterocycles. The zero-order chi connectivity index (χ0) is 14.9. The third kappa shape index (κ3) is 9.35. The standard InChI is InChI=1S/C18H35B/c1-7-10-15(3)11-9-12-16(4)17(19)13-14-18(5,6)8-2/h16-17H,3,7-14H2,1-2,4-6H3. The average Bonchev–Trinajstić information content (AvgIpc) is 2.36. The Labute approximate surface area is 123 Å². The van der Waals surface area contributed by atoms with Crippen LogP contribution in [0.2, 0.25) is 5.82 Å². The Morgan fingerprint density at radius 3 is 2.32 bits per heavy atom. The summed E-state index contributed by atoms with van der Waals surface area (Å²) >= 11 is 0. The second kappa shape index (κ2) is 9.67. The van der Waals surface area contributed by atoms with E-state index in [1.807, 2.05) is 0 Å². The summed E-state index contributed by atoms with van der Waals surface area (Å²) in [6.07, 6.45) is 9.75. The van der Waals surface area contributed by atoms with Crippen molar-refractivity contribution < 1.29 is 0 Å². The second-order valence-electron chi connectivity index (χ2n) is 7.09. The molecule has 0 aliphatic rings. The molecule has 0 aromatic carbocycles. The highest BCUT2D eigenvalue weighted by Crippen LogP contribution is 2.33. The van der Waals surface area contributed by atoms with Gasteiger partial charge in [-0.15, -0.1) is 0 Å². The predicted octanol–water partition coefficient (Wildman–Crippen LogP) is 6.32.